The molecule has 0 aliphatic carbocycles. The van der Waals surface area contributed by atoms with E-state index in [1.54, 1.807) is 7.05 Å². The first-order chi connectivity index (χ1) is 8.86. The van der Waals surface area contributed by atoms with E-state index in [4.69, 9.17) is 11.6 Å². The van der Waals surface area contributed by atoms with Crippen LogP contribution in [0.4, 0.5) is 0 Å². The van der Waals surface area contributed by atoms with Crippen LogP contribution in [-0.4, -0.2) is 31.4 Å². The van der Waals surface area contributed by atoms with Gasteiger partial charge in [0.1, 0.15) is 0 Å². The molecule has 0 saturated carbocycles. The van der Waals surface area contributed by atoms with Crippen molar-refractivity contribution in [3.8, 4) is 0 Å². The van der Waals surface area contributed by atoms with E-state index in [0.717, 1.165) is 17.5 Å². The minimum atomic E-state index is -3.18. The number of hydrogen-bond acceptors (Lipinski definition) is 2. The summed E-state index contributed by atoms with van der Waals surface area (Å²) in [5.41, 5.74) is 3.37. The first-order valence-electron chi connectivity index (χ1n) is 6.43. The Morgan fingerprint density at radius 2 is 1.89 bits per heavy atom. The summed E-state index contributed by atoms with van der Waals surface area (Å²) in [7, 11) is -1.55. The second kappa shape index (κ2) is 7.27. The van der Waals surface area contributed by atoms with Crippen LogP contribution in [0, 0.1) is 13.8 Å². The number of unbranched alkanes of at least 4 members (excludes halogenated alkanes) is 1. The normalized spacial score (nSPS) is 12.1. The van der Waals surface area contributed by atoms with Gasteiger partial charge in [-0.15, -0.1) is 11.6 Å². The van der Waals surface area contributed by atoms with Gasteiger partial charge in [-0.1, -0.05) is 23.8 Å². The lowest BCUT2D eigenvalue weighted by Gasteiger charge is -2.18. The maximum Gasteiger partial charge on any atom is 0.214 e. The van der Waals surface area contributed by atoms with E-state index in [0.29, 0.717) is 18.8 Å². The van der Waals surface area contributed by atoms with Crippen molar-refractivity contribution in [2.24, 2.45) is 0 Å². The molecule has 0 bridgehead atoms. The quantitative estimate of drug-likeness (QED) is 0.573. The number of hydrogen-bond donors (Lipinski definition) is 0. The van der Waals surface area contributed by atoms with E-state index in [2.05, 4.69) is 6.07 Å². The SMILES string of the molecule is Cc1ccc(CN(C)S(=O)(=O)CCCCCl)c(C)c1. The van der Waals surface area contributed by atoms with Crippen molar-refractivity contribution in [1.29, 1.82) is 0 Å². The molecule has 0 aliphatic rings. The lowest BCUT2D eigenvalue weighted by molar-refractivity contribution is 0.464. The second-order valence-corrected chi connectivity index (χ2v) is 7.47. The minimum absolute atomic E-state index is 0.168. The van der Waals surface area contributed by atoms with Crippen LogP contribution >= 0.6 is 11.6 Å². The smallest absolute Gasteiger partial charge is 0.212 e. The predicted molar refractivity (Wildman–Crippen MR) is 81.1 cm³/mol. The van der Waals surface area contributed by atoms with Gasteiger partial charge in [-0.3, -0.25) is 0 Å². The predicted octanol–water partition coefficient (Wildman–Crippen LogP) is 3.08. The lowest BCUT2D eigenvalue weighted by Crippen LogP contribution is -2.29. The molecule has 0 aliphatic heterocycles. The third kappa shape index (κ3) is 5.13. The van der Waals surface area contributed by atoms with E-state index >= 15 is 0 Å². The highest BCUT2D eigenvalue weighted by atomic mass is 35.5. The topological polar surface area (TPSA) is 37.4 Å². The second-order valence-electron chi connectivity index (χ2n) is 4.90. The van der Waals surface area contributed by atoms with E-state index < -0.39 is 10.0 Å². The molecule has 0 aromatic heterocycles. The van der Waals surface area contributed by atoms with Crippen molar-refractivity contribution in [3.05, 3.63) is 34.9 Å². The van der Waals surface area contributed by atoms with Crippen molar-refractivity contribution < 1.29 is 8.42 Å². The van der Waals surface area contributed by atoms with Crippen molar-refractivity contribution in [2.45, 2.75) is 33.2 Å². The van der Waals surface area contributed by atoms with Gasteiger partial charge in [0.05, 0.1) is 5.75 Å². The van der Waals surface area contributed by atoms with Crippen molar-refractivity contribution in [2.75, 3.05) is 18.7 Å². The number of sulfonamides is 1. The summed E-state index contributed by atoms with van der Waals surface area (Å²) in [5, 5.41) is 0. The Kier molecular flexibility index (Phi) is 6.30. The molecule has 0 spiro atoms. The fourth-order valence-corrected chi connectivity index (χ4v) is 3.30. The average molecular weight is 304 g/mol. The number of rotatable bonds is 7. The van der Waals surface area contributed by atoms with Gasteiger partial charge in [-0.25, -0.2) is 12.7 Å². The summed E-state index contributed by atoms with van der Waals surface area (Å²) in [4.78, 5) is 0. The van der Waals surface area contributed by atoms with Crippen LogP contribution in [0.15, 0.2) is 18.2 Å². The molecule has 1 rings (SSSR count). The molecule has 0 unspecified atom stereocenters. The van der Waals surface area contributed by atoms with E-state index in [1.807, 2.05) is 26.0 Å². The zero-order chi connectivity index (χ0) is 14.5. The molecule has 3 nitrogen and oxygen atoms in total. The molecule has 0 radical (unpaired) electrons. The van der Waals surface area contributed by atoms with Gasteiger partial charge in [0.2, 0.25) is 10.0 Å². The Hall–Kier alpha value is -0.580. The maximum absolute atomic E-state index is 12.1. The largest absolute Gasteiger partial charge is 0.214 e. The number of halogens is 1. The van der Waals surface area contributed by atoms with Crippen LogP contribution < -0.4 is 0 Å². The molecule has 108 valence electrons. The number of aryl methyl sites for hydroxylation is 2. The highest BCUT2D eigenvalue weighted by Gasteiger charge is 2.18. The summed E-state index contributed by atoms with van der Waals surface area (Å²) >= 11 is 5.57. The van der Waals surface area contributed by atoms with Gasteiger partial charge < -0.3 is 0 Å². The summed E-state index contributed by atoms with van der Waals surface area (Å²) in [6.45, 7) is 4.47. The van der Waals surface area contributed by atoms with Crippen molar-refractivity contribution in [1.82, 2.24) is 4.31 Å². The molecule has 0 atom stereocenters. The maximum atomic E-state index is 12.1. The fraction of sp³-hybridized carbons (Fsp3) is 0.571. The fourth-order valence-electron chi connectivity index (χ4n) is 1.90. The zero-order valence-corrected chi connectivity index (χ0v) is 13.4. The molecule has 0 saturated heterocycles. The van der Waals surface area contributed by atoms with Crippen LogP contribution in [0.1, 0.15) is 29.5 Å². The molecule has 1 aromatic rings. The molecule has 0 amide bonds. The van der Waals surface area contributed by atoms with Crippen molar-refractivity contribution >= 4 is 21.6 Å². The highest BCUT2D eigenvalue weighted by molar-refractivity contribution is 7.89. The van der Waals surface area contributed by atoms with Crippen LogP contribution in [0.25, 0.3) is 0 Å². The monoisotopic (exact) mass is 303 g/mol. The Balaban J connectivity index is 2.70. The first-order valence-corrected chi connectivity index (χ1v) is 8.57. The van der Waals surface area contributed by atoms with Crippen LogP contribution in [0.5, 0.6) is 0 Å². The third-order valence-corrected chi connectivity index (χ3v) is 5.30. The Labute approximate surface area is 121 Å². The molecular formula is C14H22ClNO2S. The Bertz CT molecular complexity index is 514. The van der Waals surface area contributed by atoms with Crippen LogP contribution in [-0.2, 0) is 16.6 Å². The van der Waals surface area contributed by atoms with E-state index in [9.17, 15) is 8.42 Å². The van der Waals surface area contributed by atoms with Gasteiger partial charge in [-0.05, 0) is 37.8 Å². The molecule has 0 fully saturated rings. The third-order valence-electron chi connectivity index (χ3n) is 3.15. The van der Waals surface area contributed by atoms with Gasteiger partial charge in [0.15, 0.2) is 0 Å². The van der Waals surface area contributed by atoms with E-state index in [-0.39, 0.29) is 5.75 Å². The van der Waals surface area contributed by atoms with Crippen molar-refractivity contribution in [3.63, 3.8) is 0 Å². The molecular weight excluding hydrogens is 282 g/mol. The van der Waals surface area contributed by atoms with Gasteiger partial charge in [0.25, 0.3) is 0 Å². The van der Waals surface area contributed by atoms with Gasteiger partial charge in [0, 0.05) is 19.5 Å². The average Bonchev–Trinajstić information content (AvgIpc) is 2.32. The molecule has 5 heteroatoms. The molecule has 19 heavy (non-hydrogen) atoms. The van der Waals surface area contributed by atoms with Crippen LogP contribution in [0.2, 0.25) is 0 Å². The lowest BCUT2D eigenvalue weighted by atomic mass is 10.1. The Morgan fingerprint density at radius 1 is 1.21 bits per heavy atom. The molecule has 0 heterocycles. The highest BCUT2D eigenvalue weighted by Crippen LogP contribution is 2.15. The van der Waals surface area contributed by atoms with Crippen LogP contribution in [0.3, 0.4) is 0 Å². The van der Waals surface area contributed by atoms with Gasteiger partial charge in [-0.2, -0.15) is 0 Å². The van der Waals surface area contributed by atoms with Gasteiger partial charge >= 0.3 is 0 Å². The summed E-state index contributed by atoms with van der Waals surface area (Å²) in [5.74, 6) is 0.678. The minimum Gasteiger partial charge on any atom is -0.212 e. The standard InChI is InChI=1S/C14H22ClNO2S/c1-12-6-7-14(13(2)10-12)11-16(3)19(17,18)9-5-4-8-15/h6-7,10H,4-5,8-9,11H2,1-3H3. The Morgan fingerprint density at radius 3 is 2.47 bits per heavy atom. The number of alkyl halides is 1. The first kappa shape index (κ1) is 16.5. The number of benzene rings is 1. The summed E-state index contributed by atoms with van der Waals surface area (Å²) in [6, 6.07) is 6.08. The zero-order valence-electron chi connectivity index (χ0n) is 11.8. The summed E-state index contributed by atoms with van der Waals surface area (Å²) in [6.07, 6.45) is 1.35. The van der Waals surface area contributed by atoms with E-state index in [1.165, 1.54) is 9.87 Å². The molecule has 1 aromatic carbocycles. The summed E-state index contributed by atoms with van der Waals surface area (Å²) < 4.78 is 25.6. The number of nitrogens with zero attached hydrogens (tertiary/aromatic N) is 1. The molecule has 0 N–H and O–H groups in total.